The lowest BCUT2D eigenvalue weighted by Crippen LogP contribution is -2.34. The van der Waals surface area contributed by atoms with Crippen molar-refractivity contribution in [1.82, 2.24) is 24.9 Å². The van der Waals surface area contributed by atoms with Gasteiger partial charge in [-0.1, -0.05) is 18.0 Å². The summed E-state index contributed by atoms with van der Waals surface area (Å²) in [5.74, 6) is 1.13. The van der Waals surface area contributed by atoms with E-state index in [1.807, 2.05) is 6.92 Å². The quantitative estimate of drug-likeness (QED) is 0.916. The molecule has 1 saturated carbocycles. The maximum Gasteiger partial charge on any atom is 0.251 e. The fourth-order valence-electron chi connectivity index (χ4n) is 2.37. The van der Waals surface area contributed by atoms with E-state index < -0.39 is 5.54 Å². The van der Waals surface area contributed by atoms with Gasteiger partial charge in [0, 0.05) is 0 Å². The molecular formula is C11H17ClN6O. The number of aromatic nitrogens is 5. The Morgan fingerprint density at radius 2 is 2.16 bits per heavy atom. The van der Waals surface area contributed by atoms with E-state index in [0.29, 0.717) is 11.7 Å². The molecule has 1 fully saturated rings. The van der Waals surface area contributed by atoms with Gasteiger partial charge in [-0.05, 0) is 19.8 Å². The van der Waals surface area contributed by atoms with Gasteiger partial charge in [-0.3, -0.25) is 0 Å². The van der Waals surface area contributed by atoms with Crippen molar-refractivity contribution in [2.24, 2.45) is 5.73 Å². The van der Waals surface area contributed by atoms with E-state index in [1.165, 1.54) is 6.33 Å². The molecule has 0 saturated heterocycles. The van der Waals surface area contributed by atoms with Crippen molar-refractivity contribution in [2.75, 3.05) is 0 Å². The van der Waals surface area contributed by atoms with Crippen LogP contribution in [-0.2, 0) is 5.54 Å². The number of hydrogen-bond acceptors (Lipinski definition) is 6. The normalized spacial score (nSPS) is 19.1. The third kappa shape index (κ3) is 2.48. The van der Waals surface area contributed by atoms with E-state index in [9.17, 15) is 0 Å². The Balaban J connectivity index is 0.00000133. The average molecular weight is 285 g/mol. The molecule has 2 N–H and O–H groups in total. The largest absolute Gasteiger partial charge is 0.337 e. The van der Waals surface area contributed by atoms with Crippen LogP contribution in [0.1, 0.15) is 50.4 Å². The third-order valence-electron chi connectivity index (χ3n) is 3.57. The van der Waals surface area contributed by atoms with Crippen molar-refractivity contribution in [2.45, 2.75) is 44.2 Å². The molecule has 8 heteroatoms. The molecule has 0 aliphatic heterocycles. The van der Waals surface area contributed by atoms with Crippen molar-refractivity contribution in [1.29, 1.82) is 0 Å². The van der Waals surface area contributed by atoms with Crippen molar-refractivity contribution in [3.05, 3.63) is 24.4 Å². The van der Waals surface area contributed by atoms with Gasteiger partial charge in [0.2, 0.25) is 0 Å². The van der Waals surface area contributed by atoms with Crippen molar-refractivity contribution >= 4 is 12.4 Å². The second kappa shape index (κ2) is 5.26. The second-order valence-electron chi connectivity index (χ2n) is 4.87. The number of rotatable bonds is 3. The fraction of sp³-hybridized carbons (Fsp3) is 0.636. The van der Waals surface area contributed by atoms with Crippen LogP contribution < -0.4 is 5.73 Å². The molecule has 2 aromatic rings. The Kier molecular flexibility index (Phi) is 3.86. The third-order valence-corrected chi connectivity index (χ3v) is 3.57. The zero-order valence-corrected chi connectivity index (χ0v) is 11.5. The zero-order valence-electron chi connectivity index (χ0n) is 10.7. The summed E-state index contributed by atoms with van der Waals surface area (Å²) in [5.41, 5.74) is 5.88. The first-order chi connectivity index (χ1) is 8.69. The van der Waals surface area contributed by atoms with Crippen molar-refractivity contribution in [3.63, 3.8) is 0 Å². The maximum atomic E-state index is 6.29. The lowest BCUT2D eigenvalue weighted by atomic mass is 9.99. The van der Waals surface area contributed by atoms with E-state index in [2.05, 4.69) is 20.2 Å². The molecule has 19 heavy (non-hydrogen) atoms. The smallest absolute Gasteiger partial charge is 0.251 e. The zero-order chi connectivity index (χ0) is 12.6. The first-order valence-electron chi connectivity index (χ1n) is 6.16. The summed E-state index contributed by atoms with van der Waals surface area (Å²) in [5, 5.41) is 8.09. The highest BCUT2D eigenvalue weighted by atomic mass is 35.5. The Bertz CT molecular complexity index is 519. The molecule has 3 rings (SSSR count). The predicted octanol–water partition coefficient (Wildman–Crippen LogP) is 1.42. The maximum absolute atomic E-state index is 6.29. The monoisotopic (exact) mass is 284 g/mol. The van der Waals surface area contributed by atoms with Gasteiger partial charge in [-0.25, -0.2) is 9.67 Å². The number of halogens is 1. The van der Waals surface area contributed by atoms with Crippen LogP contribution in [0, 0.1) is 0 Å². The molecular weight excluding hydrogens is 268 g/mol. The molecule has 1 unspecified atom stereocenters. The lowest BCUT2D eigenvalue weighted by Gasteiger charge is -2.17. The highest BCUT2D eigenvalue weighted by Gasteiger charge is 2.36. The minimum Gasteiger partial charge on any atom is -0.337 e. The predicted molar refractivity (Wildman–Crippen MR) is 69.7 cm³/mol. The Hall–Kier alpha value is -1.47. The molecule has 2 aromatic heterocycles. The Morgan fingerprint density at radius 3 is 2.79 bits per heavy atom. The summed E-state index contributed by atoms with van der Waals surface area (Å²) < 4.78 is 6.97. The summed E-state index contributed by atoms with van der Waals surface area (Å²) in [6, 6.07) is -0.126. The van der Waals surface area contributed by atoms with Crippen LogP contribution >= 0.6 is 12.4 Å². The minimum absolute atomic E-state index is 0. The van der Waals surface area contributed by atoms with Crippen LogP contribution in [0.15, 0.2) is 17.2 Å². The minimum atomic E-state index is -0.413. The summed E-state index contributed by atoms with van der Waals surface area (Å²) in [6.45, 7) is 1.93. The van der Waals surface area contributed by atoms with E-state index in [0.717, 1.165) is 25.7 Å². The molecule has 0 radical (unpaired) electrons. The average Bonchev–Trinajstić information content (AvgIpc) is 3.10. The van der Waals surface area contributed by atoms with Gasteiger partial charge in [-0.2, -0.15) is 10.1 Å². The van der Waals surface area contributed by atoms with Crippen LogP contribution in [0.2, 0.25) is 0 Å². The first-order valence-corrected chi connectivity index (χ1v) is 6.16. The highest BCUT2D eigenvalue weighted by Crippen LogP contribution is 2.35. The van der Waals surface area contributed by atoms with Crippen LogP contribution in [0.4, 0.5) is 0 Å². The summed E-state index contributed by atoms with van der Waals surface area (Å²) >= 11 is 0. The van der Waals surface area contributed by atoms with E-state index >= 15 is 0 Å². The van der Waals surface area contributed by atoms with Crippen molar-refractivity contribution in [3.8, 4) is 0 Å². The summed E-state index contributed by atoms with van der Waals surface area (Å²) in [4.78, 5) is 8.33. The molecule has 104 valence electrons. The van der Waals surface area contributed by atoms with Gasteiger partial charge >= 0.3 is 0 Å². The van der Waals surface area contributed by atoms with E-state index in [1.54, 1.807) is 11.0 Å². The molecule has 0 aromatic carbocycles. The molecule has 1 atom stereocenters. The number of hydrogen-bond donors (Lipinski definition) is 1. The topological polar surface area (TPSA) is 95.7 Å². The summed E-state index contributed by atoms with van der Waals surface area (Å²) in [7, 11) is 0. The van der Waals surface area contributed by atoms with Gasteiger partial charge < -0.3 is 10.3 Å². The molecule has 2 heterocycles. The fourth-order valence-corrected chi connectivity index (χ4v) is 2.37. The standard InChI is InChI=1S/C11H16N6O.ClH/c1-8(17-7-13-6-14-17)9-15-10(16-18-9)11(12)4-2-3-5-11;/h6-8H,2-5,12H2,1H3;1H. The summed E-state index contributed by atoms with van der Waals surface area (Å²) in [6.07, 6.45) is 7.20. The Labute approximate surface area is 117 Å². The van der Waals surface area contributed by atoms with E-state index in [-0.39, 0.29) is 18.4 Å². The SMILES string of the molecule is CC(c1nc(C2(N)CCCC2)no1)n1cncn1.Cl. The van der Waals surface area contributed by atoms with Crippen LogP contribution in [0.5, 0.6) is 0 Å². The number of nitrogens with two attached hydrogens (primary N) is 1. The van der Waals surface area contributed by atoms with Crippen molar-refractivity contribution < 1.29 is 4.52 Å². The lowest BCUT2D eigenvalue weighted by molar-refractivity contribution is 0.322. The molecule has 1 aliphatic carbocycles. The number of nitrogens with zero attached hydrogens (tertiary/aromatic N) is 5. The molecule has 0 amide bonds. The van der Waals surface area contributed by atoms with Crippen LogP contribution in [0.3, 0.4) is 0 Å². The highest BCUT2D eigenvalue weighted by molar-refractivity contribution is 5.85. The molecule has 7 nitrogen and oxygen atoms in total. The van der Waals surface area contributed by atoms with Gasteiger partial charge in [0.1, 0.15) is 18.7 Å². The van der Waals surface area contributed by atoms with Gasteiger partial charge in [0.15, 0.2) is 5.82 Å². The van der Waals surface area contributed by atoms with Gasteiger partial charge in [0.25, 0.3) is 5.89 Å². The Morgan fingerprint density at radius 1 is 1.42 bits per heavy atom. The molecule has 1 aliphatic rings. The van der Waals surface area contributed by atoms with Gasteiger partial charge in [-0.15, -0.1) is 12.4 Å². The molecule has 0 spiro atoms. The first kappa shape index (κ1) is 14.0. The van der Waals surface area contributed by atoms with Crippen LogP contribution in [-0.4, -0.2) is 24.9 Å². The van der Waals surface area contributed by atoms with Crippen LogP contribution in [0.25, 0.3) is 0 Å². The molecule has 0 bridgehead atoms. The second-order valence-corrected chi connectivity index (χ2v) is 4.87. The van der Waals surface area contributed by atoms with E-state index in [4.69, 9.17) is 10.3 Å². The van der Waals surface area contributed by atoms with Gasteiger partial charge in [0.05, 0.1) is 5.54 Å².